The molecule has 2 rings (SSSR count). The summed E-state index contributed by atoms with van der Waals surface area (Å²) in [5.74, 6) is -0.360. The van der Waals surface area contributed by atoms with Gasteiger partial charge in [-0.3, -0.25) is 0 Å². The van der Waals surface area contributed by atoms with Crippen LogP contribution in [0.25, 0.3) is 11.0 Å². The highest BCUT2D eigenvalue weighted by molar-refractivity contribution is 5.80. The number of furan rings is 1. The maximum atomic E-state index is 12.7. The Morgan fingerprint density at radius 2 is 2.36 bits per heavy atom. The van der Waals surface area contributed by atoms with E-state index in [1.54, 1.807) is 6.07 Å². The summed E-state index contributed by atoms with van der Waals surface area (Å²) in [7, 11) is 0. The molecule has 14 heavy (non-hydrogen) atoms. The van der Waals surface area contributed by atoms with Gasteiger partial charge in [-0.15, -0.1) is 0 Å². The number of hydrogen-bond acceptors (Lipinski definition) is 3. The molecule has 71 valence electrons. The molecular formula is C10H6FO3. The molecule has 0 bridgehead atoms. The molecule has 0 saturated carbocycles. The van der Waals surface area contributed by atoms with E-state index in [9.17, 15) is 9.18 Å². The van der Waals surface area contributed by atoms with Crippen molar-refractivity contribution in [2.24, 2.45) is 0 Å². The predicted molar refractivity (Wildman–Crippen MR) is 46.7 cm³/mol. The van der Waals surface area contributed by atoms with Crippen molar-refractivity contribution >= 4 is 17.4 Å². The normalized spacial score (nSPS) is 10.4. The number of rotatable bonds is 3. The van der Waals surface area contributed by atoms with E-state index in [1.807, 2.05) is 0 Å². The summed E-state index contributed by atoms with van der Waals surface area (Å²) in [5.41, 5.74) is 1.14. The number of benzene rings is 1. The molecule has 0 fully saturated rings. The van der Waals surface area contributed by atoms with Crippen LogP contribution in [-0.2, 0) is 16.1 Å². The van der Waals surface area contributed by atoms with Crippen LogP contribution in [0.15, 0.2) is 28.9 Å². The summed E-state index contributed by atoms with van der Waals surface area (Å²) in [6.07, 6.45) is 1.43. The van der Waals surface area contributed by atoms with Crippen LogP contribution in [0.1, 0.15) is 5.56 Å². The zero-order valence-corrected chi connectivity index (χ0v) is 7.12. The molecule has 2 aromatic rings. The van der Waals surface area contributed by atoms with Crippen molar-refractivity contribution in [2.45, 2.75) is 6.61 Å². The molecule has 0 aliphatic heterocycles. The first-order valence-electron chi connectivity index (χ1n) is 3.96. The van der Waals surface area contributed by atoms with Crippen molar-refractivity contribution in [3.63, 3.8) is 0 Å². The summed E-state index contributed by atoms with van der Waals surface area (Å²) >= 11 is 0. The fourth-order valence-corrected chi connectivity index (χ4v) is 1.28. The monoisotopic (exact) mass is 193 g/mol. The van der Waals surface area contributed by atoms with Crippen LogP contribution in [-0.4, -0.2) is 6.47 Å². The van der Waals surface area contributed by atoms with E-state index in [-0.39, 0.29) is 12.4 Å². The Kier molecular flexibility index (Phi) is 2.18. The van der Waals surface area contributed by atoms with Gasteiger partial charge in [-0.05, 0) is 12.1 Å². The minimum atomic E-state index is -0.360. The van der Waals surface area contributed by atoms with Crippen molar-refractivity contribution in [3.05, 3.63) is 35.8 Å². The average molecular weight is 193 g/mol. The van der Waals surface area contributed by atoms with Crippen LogP contribution in [0.4, 0.5) is 4.39 Å². The molecule has 0 spiro atoms. The van der Waals surface area contributed by atoms with Gasteiger partial charge in [0, 0.05) is 17.0 Å². The van der Waals surface area contributed by atoms with Gasteiger partial charge >= 0.3 is 6.47 Å². The van der Waals surface area contributed by atoms with E-state index >= 15 is 0 Å². The highest BCUT2D eigenvalue weighted by Crippen LogP contribution is 2.22. The third kappa shape index (κ3) is 1.46. The second kappa shape index (κ2) is 3.49. The SMILES string of the molecule is O=[C]OCc1coc2cc(F)ccc12. The first-order valence-corrected chi connectivity index (χ1v) is 3.96. The van der Waals surface area contributed by atoms with Crippen LogP contribution in [0.5, 0.6) is 0 Å². The van der Waals surface area contributed by atoms with Crippen LogP contribution in [0.2, 0.25) is 0 Å². The lowest BCUT2D eigenvalue weighted by Gasteiger charge is -1.94. The van der Waals surface area contributed by atoms with Gasteiger partial charge < -0.3 is 9.15 Å². The number of ether oxygens (including phenoxy) is 1. The summed E-state index contributed by atoms with van der Waals surface area (Å²) in [6, 6.07) is 4.19. The second-order valence-corrected chi connectivity index (χ2v) is 2.77. The Morgan fingerprint density at radius 3 is 3.14 bits per heavy atom. The van der Waals surface area contributed by atoms with E-state index in [0.717, 1.165) is 5.39 Å². The molecule has 0 atom stereocenters. The lowest BCUT2D eigenvalue weighted by Crippen LogP contribution is -1.87. The third-order valence-electron chi connectivity index (χ3n) is 1.90. The maximum absolute atomic E-state index is 12.7. The molecule has 1 radical (unpaired) electrons. The lowest BCUT2D eigenvalue weighted by molar-refractivity contribution is 0.267. The number of fused-ring (bicyclic) bond motifs is 1. The van der Waals surface area contributed by atoms with E-state index in [1.165, 1.54) is 24.9 Å². The Morgan fingerprint density at radius 1 is 1.50 bits per heavy atom. The first-order chi connectivity index (χ1) is 6.81. The van der Waals surface area contributed by atoms with Gasteiger partial charge in [0.1, 0.15) is 18.0 Å². The number of carbonyl (C=O) groups excluding carboxylic acids is 1. The summed E-state index contributed by atoms with van der Waals surface area (Å²) in [4.78, 5) is 9.85. The van der Waals surface area contributed by atoms with Gasteiger partial charge in [0.15, 0.2) is 0 Å². The van der Waals surface area contributed by atoms with E-state index in [2.05, 4.69) is 4.74 Å². The third-order valence-corrected chi connectivity index (χ3v) is 1.90. The van der Waals surface area contributed by atoms with Crippen LogP contribution in [0, 0.1) is 5.82 Å². The summed E-state index contributed by atoms with van der Waals surface area (Å²) in [6.45, 7) is 1.40. The van der Waals surface area contributed by atoms with Crippen LogP contribution < -0.4 is 0 Å². The second-order valence-electron chi connectivity index (χ2n) is 2.77. The minimum absolute atomic E-state index is 0.0854. The molecule has 0 saturated heterocycles. The zero-order valence-electron chi connectivity index (χ0n) is 7.12. The average Bonchev–Trinajstić information content (AvgIpc) is 2.57. The Bertz CT molecular complexity index is 461. The molecule has 0 unspecified atom stereocenters. The molecule has 0 amide bonds. The van der Waals surface area contributed by atoms with Gasteiger partial charge in [0.05, 0.1) is 6.26 Å². The van der Waals surface area contributed by atoms with Crippen molar-refractivity contribution in [1.82, 2.24) is 0 Å². The summed E-state index contributed by atoms with van der Waals surface area (Å²) in [5, 5.41) is 0.738. The standard InChI is InChI=1S/C10H6FO3/c11-8-1-2-9-7(4-13-6-12)5-14-10(9)3-8/h1-3,5H,4H2. The minimum Gasteiger partial charge on any atom is -0.464 e. The van der Waals surface area contributed by atoms with E-state index < -0.39 is 0 Å². The zero-order chi connectivity index (χ0) is 9.97. The lowest BCUT2D eigenvalue weighted by atomic mass is 10.2. The molecule has 1 aromatic heterocycles. The van der Waals surface area contributed by atoms with E-state index in [4.69, 9.17) is 4.42 Å². The Hall–Kier alpha value is -1.84. The maximum Gasteiger partial charge on any atom is 0.417 e. The largest absolute Gasteiger partial charge is 0.464 e. The molecular weight excluding hydrogens is 187 g/mol. The molecule has 3 nitrogen and oxygen atoms in total. The van der Waals surface area contributed by atoms with Gasteiger partial charge in [-0.1, -0.05) is 0 Å². The highest BCUT2D eigenvalue weighted by atomic mass is 19.1. The molecule has 0 N–H and O–H groups in total. The van der Waals surface area contributed by atoms with Gasteiger partial charge in [-0.2, -0.15) is 0 Å². The Balaban J connectivity index is 2.42. The Labute approximate surface area is 79.1 Å². The van der Waals surface area contributed by atoms with Crippen molar-refractivity contribution in [3.8, 4) is 0 Å². The van der Waals surface area contributed by atoms with Crippen molar-refractivity contribution < 1.29 is 18.3 Å². The smallest absolute Gasteiger partial charge is 0.417 e. The van der Waals surface area contributed by atoms with Crippen molar-refractivity contribution in [2.75, 3.05) is 0 Å². The topological polar surface area (TPSA) is 39.4 Å². The number of hydrogen-bond donors (Lipinski definition) is 0. The van der Waals surface area contributed by atoms with Gasteiger partial charge in [0.2, 0.25) is 0 Å². The van der Waals surface area contributed by atoms with E-state index in [0.29, 0.717) is 11.1 Å². The predicted octanol–water partition coefficient (Wildman–Crippen LogP) is 2.16. The molecule has 1 heterocycles. The molecule has 0 aliphatic carbocycles. The quantitative estimate of drug-likeness (QED) is 0.749. The number of halogens is 1. The first kappa shape index (κ1) is 8.74. The van der Waals surface area contributed by atoms with Gasteiger partial charge in [0.25, 0.3) is 0 Å². The molecule has 4 heteroatoms. The fourth-order valence-electron chi connectivity index (χ4n) is 1.28. The van der Waals surface area contributed by atoms with Gasteiger partial charge in [-0.25, -0.2) is 9.18 Å². The fraction of sp³-hybridized carbons (Fsp3) is 0.100. The summed E-state index contributed by atoms with van der Waals surface area (Å²) < 4.78 is 22.3. The molecule has 1 aromatic carbocycles. The van der Waals surface area contributed by atoms with Crippen LogP contribution >= 0.6 is 0 Å². The van der Waals surface area contributed by atoms with Crippen molar-refractivity contribution in [1.29, 1.82) is 0 Å². The highest BCUT2D eigenvalue weighted by Gasteiger charge is 2.06. The van der Waals surface area contributed by atoms with Crippen LogP contribution in [0.3, 0.4) is 0 Å². The molecule has 0 aliphatic rings.